The van der Waals surface area contributed by atoms with E-state index in [0.29, 0.717) is 27.7 Å². The molecule has 3 aromatic rings. The van der Waals surface area contributed by atoms with Gasteiger partial charge in [-0.3, -0.25) is 4.79 Å². The molecule has 0 radical (unpaired) electrons. The zero-order valence-corrected chi connectivity index (χ0v) is 15.5. The van der Waals surface area contributed by atoms with Crippen LogP contribution in [-0.4, -0.2) is 32.0 Å². The molecule has 1 fully saturated rings. The number of hydrogen-bond donors (Lipinski definition) is 4. The Morgan fingerprint density at radius 2 is 2.14 bits per heavy atom. The Hall–Kier alpha value is -3.06. The third-order valence-corrected chi connectivity index (χ3v) is 5.98. The van der Waals surface area contributed by atoms with E-state index in [4.69, 9.17) is 17.3 Å². The number of amides is 1. The van der Waals surface area contributed by atoms with E-state index in [1.54, 1.807) is 24.4 Å². The van der Waals surface area contributed by atoms with Gasteiger partial charge in [0.2, 0.25) is 5.91 Å². The lowest BCUT2D eigenvalue weighted by atomic mass is 9.88. The molecule has 142 valence electrons. The van der Waals surface area contributed by atoms with E-state index in [-0.39, 0.29) is 35.5 Å². The minimum Gasteiger partial charge on any atom is -0.508 e. The molecule has 8 heteroatoms. The van der Waals surface area contributed by atoms with Gasteiger partial charge in [0, 0.05) is 11.6 Å². The van der Waals surface area contributed by atoms with Gasteiger partial charge in [-0.05, 0) is 30.4 Å². The highest BCUT2D eigenvalue weighted by atomic mass is 35.5. The number of phenolic OH excluding ortho intramolecular Hbond substituents is 1. The molecule has 1 aromatic carbocycles. The van der Waals surface area contributed by atoms with Gasteiger partial charge >= 0.3 is 0 Å². The van der Waals surface area contributed by atoms with Crippen LogP contribution in [0, 0.1) is 17.8 Å². The van der Waals surface area contributed by atoms with Crippen LogP contribution in [0.15, 0.2) is 42.6 Å². The molecule has 0 saturated heterocycles. The molecule has 0 spiro atoms. The predicted octanol–water partition coefficient (Wildman–Crippen LogP) is 3.07. The van der Waals surface area contributed by atoms with Crippen LogP contribution in [0.4, 0.5) is 5.69 Å². The zero-order chi connectivity index (χ0) is 19.4. The van der Waals surface area contributed by atoms with Gasteiger partial charge in [0.15, 0.2) is 5.65 Å². The molecule has 2 heterocycles. The molecule has 4 atom stereocenters. The predicted molar refractivity (Wildman–Crippen MR) is 107 cm³/mol. The van der Waals surface area contributed by atoms with Crippen molar-refractivity contribution in [3.05, 3.63) is 47.6 Å². The summed E-state index contributed by atoms with van der Waals surface area (Å²) in [5, 5.41) is 13.6. The fraction of sp³-hybridized carbons (Fsp3) is 0.250. The number of rotatable bonds is 4. The minimum atomic E-state index is -0.305. The van der Waals surface area contributed by atoms with E-state index in [0.717, 1.165) is 12.0 Å². The lowest BCUT2D eigenvalue weighted by Gasteiger charge is -2.28. The first-order valence-corrected chi connectivity index (χ1v) is 9.47. The van der Waals surface area contributed by atoms with Crippen LogP contribution in [0.25, 0.3) is 22.6 Å². The fourth-order valence-corrected chi connectivity index (χ4v) is 4.64. The van der Waals surface area contributed by atoms with Gasteiger partial charge in [-0.2, -0.15) is 0 Å². The number of nitrogens with two attached hydrogens (primary N) is 1. The monoisotopic (exact) mass is 395 g/mol. The van der Waals surface area contributed by atoms with Gasteiger partial charge in [0.05, 0.1) is 22.8 Å². The Labute approximate surface area is 165 Å². The summed E-state index contributed by atoms with van der Waals surface area (Å²) >= 11 is 6.44. The number of allylic oxidation sites excluding steroid dienone is 1. The Morgan fingerprint density at radius 1 is 1.32 bits per heavy atom. The molecule has 1 amide bonds. The molecule has 0 aliphatic heterocycles. The van der Waals surface area contributed by atoms with Gasteiger partial charge < -0.3 is 21.1 Å². The Morgan fingerprint density at radius 3 is 2.93 bits per heavy atom. The van der Waals surface area contributed by atoms with Crippen LogP contribution in [0.5, 0.6) is 5.75 Å². The number of hydrogen-bond acceptors (Lipinski definition) is 5. The van der Waals surface area contributed by atoms with Crippen LogP contribution in [-0.2, 0) is 4.79 Å². The fourth-order valence-electron chi connectivity index (χ4n) is 4.44. The number of nitrogens with zero attached hydrogens (tertiary/aromatic N) is 2. The number of anilines is 1. The molecule has 2 bridgehead atoms. The zero-order valence-electron chi connectivity index (χ0n) is 14.8. The van der Waals surface area contributed by atoms with Gasteiger partial charge in [-0.25, -0.2) is 9.97 Å². The van der Waals surface area contributed by atoms with E-state index < -0.39 is 0 Å². The molecule has 7 nitrogen and oxygen atoms in total. The summed E-state index contributed by atoms with van der Waals surface area (Å²) < 4.78 is 0. The highest BCUT2D eigenvalue weighted by Crippen LogP contribution is 2.46. The second kappa shape index (κ2) is 6.24. The summed E-state index contributed by atoms with van der Waals surface area (Å²) in [6.45, 7) is 0. The number of aromatic amines is 1. The normalized spacial score (nSPS) is 25.5. The van der Waals surface area contributed by atoms with Crippen molar-refractivity contribution in [3.63, 3.8) is 0 Å². The lowest BCUT2D eigenvalue weighted by molar-refractivity contribution is -0.122. The maximum Gasteiger partial charge on any atom is 0.223 e. The Bertz CT molecular complexity index is 1120. The van der Waals surface area contributed by atoms with E-state index in [2.05, 4.69) is 32.4 Å². The third-order valence-electron chi connectivity index (χ3n) is 5.69. The first-order chi connectivity index (χ1) is 13.5. The highest BCUT2D eigenvalue weighted by Gasteiger charge is 2.47. The number of phenols is 1. The number of carbonyl (C=O) groups excluding carboxylic acids is 1. The number of imidazole rings is 1. The second-order valence-electron chi connectivity index (χ2n) is 7.36. The van der Waals surface area contributed by atoms with Crippen LogP contribution in [0.2, 0.25) is 5.02 Å². The third kappa shape index (κ3) is 2.62. The number of carbonyl (C=O) groups is 1. The number of fused-ring (bicyclic) bond motifs is 3. The van der Waals surface area contributed by atoms with Gasteiger partial charge in [-0.15, -0.1) is 0 Å². The van der Waals surface area contributed by atoms with Gasteiger partial charge in [0.25, 0.3) is 0 Å². The number of benzene rings is 1. The first kappa shape index (κ1) is 17.1. The summed E-state index contributed by atoms with van der Waals surface area (Å²) in [6, 6.07) is 6.69. The summed E-state index contributed by atoms with van der Waals surface area (Å²) in [5.74, 6) is 0.544. The summed E-state index contributed by atoms with van der Waals surface area (Å²) in [5.41, 5.74) is 8.21. The molecule has 5 rings (SSSR count). The number of aromatic hydroxyl groups is 1. The molecule has 2 aliphatic carbocycles. The molecule has 1 saturated carbocycles. The largest absolute Gasteiger partial charge is 0.508 e. The summed E-state index contributed by atoms with van der Waals surface area (Å²) in [7, 11) is 0. The van der Waals surface area contributed by atoms with E-state index >= 15 is 0 Å². The number of pyridine rings is 1. The molecule has 28 heavy (non-hydrogen) atoms. The van der Waals surface area contributed by atoms with Crippen molar-refractivity contribution in [1.82, 2.24) is 15.0 Å². The molecule has 2 aromatic heterocycles. The molecular formula is C20H18ClN5O2. The Balaban J connectivity index is 1.57. The average Bonchev–Trinajstić information content (AvgIpc) is 3.38. The smallest absolute Gasteiger partial charge is 0.223 e. The van der Waals surface area contributed by atoms with Crippen molar-refractivity contribution in [2.24, 2.45) is 23.5 Å². The molecule has 2 aliphatic rings. The average molecular weight is 396 g/mol. The number of primary amides is 1. The summed E-state index contributed by atoms with van der Waals surface area (Å²) in [6.07, 6.45) is 6.67. The van der Waals surface area contributed by atoms with Crippen molar-refractivity contribution in [1.29, 1.82) is 0 Å². The minimum absolute atomic E-state index is 0.122. The first-order valence-electron chi connectivity index (χ1n) is 9.09. The van der Waals surface area contributed by atoms with Crippen LogP contribution in [0.3, 0.4) is 0 Å². The number of halogens is 1. The quantitative estimate of drug-likeness (QED) is 0.506. The Kier molecular flexibility index (Phi) is 3.80. The van der Waals surface area contributed by atoms with Crippen LogP contribution >= 0.6 is 11.6 Å². The van der Waals surface area contributed by atoms with Gasteiger partial charge in [-0.1, -0.05) is 35.9 Å². The van der Waals surface area contributed by atoms with Crippen molar-refractivity contribution in [2.75, 3.05) is 5.32 Å². The molecule has 5 N–H and O–H groups in total. The van der Waals surface area contributed by atoms with E-state index in [1.165, 1.54) is 0 Å². The van der Waals surface area contributed by atoms with E-state index in [1.807, 2.05) is 6.07 Å². The van der Waals surface area contributed by atoms with Crippen LogP contribution < -0.4 is 11.1 Å². The van der Waals surface area contributed by atoms with Crippen LogP contribution in [0.1, 0.15) is 6.42 Å². The van der Waals surface area contributed by atoms with Crippen molar-refractivity contribution < 1.29 is 9.90 Å². The lowest BCUT2D eigenvalue weighted by Crippen LogP contribution is -2.41. The number of H-pyrrole nitrogens is 1. The number of nitrogens with one attached hydrogen (secondary N) is 2. The SMILES string of the molecule is NC(=O)C1C2C=CC(C2)C1Nc1c(Cl)cnc2nc(-c3cccc(O)c3)[nH]c12. The second-order valence-corrected chi connectivity index (χ2v) is 7.77. The maximum atomic E-state index is 12.0. The molecule has 4 unspecified atom stereocenters. The summed E-state index contributed by atoms with van der Waals surface area (Å²) in [4.78, 5) is 24.1. The topological polar surface area (TPSA) is 117 Å². The molecular weight excluding hydrogens is 378 g/mol. The van der Waals surface area contributed by atoms with Crippen molar-refractivity contribution in [2.45, 2.75) is 12.5 Å². The number of aromatic nitrogens is 3. The van der Waals surface area contributed by atoms with Crippen molar-refractivity contribution >= 4 is 34.4 Å². The standard InChI is InChI=1S/C20H18ClN5O2/c21-13-8-23-20-17(25-19(26-20)11-2-1-3-12(27)7-11)16(13)24-15-10-5-4-9(6-10)14(15)18(22)28/h1-5,7-10,14-15,27H,6H2,(H2,22,28)(H2,23,24,25,26). The van der Waals surface area contributed by atoms with Gasteiger partial charge in [0.1, 0.15) is 17.1 Å². The highest BCUT2D eigenvalue weighted by molar-refractivity contribution is 6.34. The maximum absolute atomic E-state index is 12.0. The van der Waals surface area contributed by atoms with Crippen molar-refractivity contribution in [3.8, 4) is 17.1 Å². The van der Waals surface area contributed by atoms with E-state index in [9.17, 15) is 9.90 Å².